The van der Waals surface area contributed by atoms with Crippen LogP contribution in [0.2, 0.25) is 0 Å². The third kappa shape index (κ3) is 3.60. The fourth-order valence-corrected chi connectivity index (χ4v) is 3.98. The monoisotopic (exact) mass is 430 g/mol. The lowest BCUT2D eigenvalue weighted by Crippen LogP contribution is -2.36. The van der Waals surface area contributed by atoms with Crippen molar-refractivity contribution in [3.05, 3.63) is 40.8 Å². The van der Waals surface area contributed by atoms with E-state index in [9.17, 15) is 4.79 Å². The number of ether oxygens (including phenoxy) is 1. The highest BCUT2D eigenvalue weighted by atomic mass is 79.9. The Morgan fingerprint density at radius 3 is 2.89 bits per heavy atom. The Labute approximate surface area is 166 Å². The van der Waals surface area contributed by atoms with Crippen molar-refractivity contribution in [3.63, 3.8) is 0 Å². The maximum atomic E-state index is 12.5. The number of carbonyl (C=O) groups excluding carboxylic acids is 1. The van der Waals surface area contributed by atoms with E-state index in [2.05, 4.69) is 49.3 Å². The molecule has 0 saturated carbocycles. The number of amides is 1. The molecule has 7 heteroatoms. The maximum Gasteiger partial charge on any atom is 0.410 e. The van der Waals surface area contributed by atoms with Crippen LogP contribution in [0.15, 0.2) is 35.1 Å². The summed E-state index contributed by atoms with van der Waals surface area (Å²) in [5.74, 6) is 0. The standard InChI is InChI=1S/C20H23BrN4O2/c1-20(2,3)27-19(26)25-8-4-5-17(25)16-10-13(11-22-16)12-6-7-15-14(9-12)18(21)24-23-15/h6-7,9-11,17,22H,4-5,8H2,1-3H3,(H,23,24). The Morgan fingerprint density at radius 1 is 1.30 bits per heavy atom. The Kier molecular flexibility index (Phi) is 4.50. The minimum absolute atomic E-state index is 0.0259. The second kappa shape index (κ2) is 6.71. The van der Waals surface area contributed by atoms with Gasteiger partial charge in [-0.05, 0) is 78.9 Å². The van der Waals surface area contributed by atoms with Gasteiger partial charge in [0.15, 0.2) is 0 Å². The molecule has 27 heavy (non-hydrogen) atoms. The lowest BCUT2D eigenvalue weighted by atomic mass is 10.1. The lowest BCUT2D eigenvalue weighted by Gasteiger charge is -2.28. The van der Waals surface area contributed by atoms with Crippen LogP contribution in [0.3, 0.4) is 0 Å². The first kappa shape index (κ1) is 18.1. The molecule has 0 radical (unpaired) electrons. The van der Waals surface area contributed by atoms with Gasteiger partial charge in [0.1, 0.15) is 10.2 Å². The van der Waals surface area contributed by atoms with Crippen molar-refractivity contribution >= 4 is 32.9 Å². The first-order valence-electron chi connectivity index (χ1n) is 9.14. The molecule has 1 fully saturated rings. The van der Waals surface area contributed by atoms with Gasteiger partial charge >= 0.3 is 6.09 Å². The summed E-state index contributed by atoms with van der Waals surface area (Å²) in [5.41, 5.74) is 3.75. The van der Waals surface area contributed by atoms with Gasteiger partial charge in [-0.1, -0.05) is 6.07 Å². The van der Waals surface area contributed by atoms with Crippen LogP contribution in [0.25, 0.3) is 22.0 Å². The summed E-state index contributed by atoms with van der Waals surface area (Å²) in [6.45, 7) is 6.41. The van der Waals surface area contributed by atoms with Crippen molar-refractivity contribution in [2.45, 2.75) is 45.3 Å². The van der Waals surface area contributed by atoms with Gasteiger partial charge in [0.25, 0.3) is 0 Å². The second-order valence-electron chi connectivity index (χ2n) is 7.95. The van der Waals surface area contributed by atoms with Crippen molar-refractivity contribution in [2.75, 3.05) is 6.54 Å². The first-order valence-corrected chi connectivity index (χ1v) is 9.93. The molecule has 2 N–H and O–H groups in total. The number of likely N-dealkylation sites (tertiary alicyclic amines) is 1. The Morgan fingerprint density at radius 2 is 2.11 bits per heavy atom. The molecule has 1 unspecified atom stereocenters. The highest BCUT2D eigenvalue weighted by Crippen LogP contribution is 2.35. The summed E-state index contributed by atoms with van der Waals surface area (Å²) in [6.07, 6.45) is 3.67. The Bertz CT molecular complexity index is 985. The zero-order valence-electron chi connectivity index (χ0n) is 15.7. The molecule has 4 rings (SSSR count). The van der Waals surface area contributed by atoms with Crippen molar-refractivity contribution in [3.8, 4) is 11.1 Å². The van der Waals surface area contributed by atoms with Gasteiger partial charge in [-0.2, -0.15) is 5.10 Å². The smallest absolute Gasteiger partial charge is 0.410 e. The van der Waals surface area contributed by atoms with Crippen LogP contribution in [-0.4, -0.2) is 38.3 Å². The molecule has 1 saturated heterocycles. The van der Waals surface area contributed by atoms with Crippen LogP contribution in [0.4, 0.5) is 4.79 Å². The summed E-state index contributed by atoms with van der Waals surface area (Å²) in [6, 6.07) is 8.36. The van der Waals surface area contributed by atoms with Crippen LogP contribution in [0, 0.1) is 0 Å². The molecule has 1 aliphatic heterocycles. The van der Waals surface area contributed by atoms with Crippen molar-refractivity contribution in [1.29, 1.82) is 0 Å². The number of benzene rings is 1. The molecule has 0 bridgehead atoms. The number of aromatic nitrogens is 3. The number of carbonyl (C=O) groups is 1. The van der Waals surface area contributed by atoms with E-state index in [1.807, 2.05) is 37.9 Å². The highest BCUT2D eigenvalue weighted by Gasteiger charge is 2.33. The third-order valence-electron chi connectivity index (χ3n) is 4.79. The zero-order valence-corrected chi connectivity index (χ0v) is 17.3. The van der Waals surface area contributed by atoms with Crippen molar-refractivity contribution < 1.29 is 9.53 Å². The molecule has 3 heterocycles. The topological polar surface area (TPSA) is 74.0 Å². The van der Waals surface area contributed by atoms with Crippen LogP contribution in [0.1, 0.15) is 45.3 Å². The van der Waals surface area contributed by atoms with Gasteiger partial charge < -0.3 is 9.72 Å². The molecule has 0 spiro atoms. The number of H-pyrrole nitrogens is 2. The summed E-state index contributed by atoms with van der Waals surface area (Å²) < 4.78 is 6.38. The molecule has 0 aliphatic carbocycles. The number of fused-ring (bicyclic) bond motifs is 1. The van der Waals surface area contributed by atoms with E-state index >= 15 is 0 Å². The number of hydrogen-bond donors (Lipinski definition) is 2. The van der Waals surface area contributed by atoms with Gasteiger partial charge in [0.2, 0.25) is 0 Å². The molecule has 6 nitrogen and oxygen atoms in total. The normalized spacial score (nSPS) is 17.6. The fraction of sp³-hybridized carbons (Fsp3) is 0.400. The van der Waals surface area contributed by atoms with E-state index in [-0.39, 0.29) is 12.1 Å². The maximum absolute atomic E-state index is 12.5. The lowest BCUT2D eigenvalue weighted by molar-refractivity contribution is 0.0222. The van der Waals surface area contributed by atoms with Crippen molar-refractivity contribution in [2.24, 2.45) is 0 Å². The van der Waals surface area contributed by atoms with Crippen molar-refractivity contribution in [1.82, 2.24) is 20.1 Å². The summed E-state index contributed by atoms with van der Waals surface area (Å²) in [5, 5.41) is 8.22. The fourth-order valence-electron chi connectivity index (χ4n) is 3.56. The van der Waals surface area contributed by atoms with Gasteiger partial charge in [-0.25, -0.2) is 4.79 Å². The van der Waals surface area contributed by atoms with Crippen LogP contribution in [0.5, 0.6) is 0 Å². The van der Waals surface area contributed by atoms with E-state index in [0.717, 1.165) is 51.7 Å². The van der Waals surface area contributed by atoms with E-state index in [4.69, 9.17) is 4.74 Å². The predicted octanol–water partition coefficient (Wildman–Crippen LogP) is 5.39. The highest BCUT2D eigenvalue weighted by molar-refractivity contribution is 9.10. The van der Waals surface area contributed by atoms with E-state index in [1.54, 1.807) is 0 Å². The molecule has 2 aromatic heterocycles. The molecule has 1 aliphatic rings. The van der Waals surface area contributed by atoms with Gasteiger partial charge in [-0.3, -0.25) is 10.00 Å². The third-order valence-corrected chi connectivity index (χ3v) is 5.40. The quantitative estimate of drug-likeness (QED) is 0.571. The zero-order chi connectivity index (χ0) is 19.2. The minimum atomic E-state index is -0.488. The molecule has 3 aromatic rings. The number of aromatic amines is 2. The molecule has 1 amide bonds. The van der Waals surface area contributed by atoms with Gasteiger partial charge in [0, 0.05) is 23.8 Å². The second-order valence-corrected chi connectivity index (χ2v) is 8.70. The van der Waals surface area contributed by atoms with E-state index in [1.165, 1.54) is 0 Å². The predicted molar refractivity (Wildman–Crippen MR) is 108 cm³/mol. The number of nitrogens with zero attached hydrogens (tertiary/aromatic N) is 2. The van der Waals surface area contributed by atoms with E-state index < -0.39 is 5.60 Å². The van der Waals surface area contributed by atoms with Gasteiger partial charge in [-0.15, -0.1) is 0 Å². The average molecular weight is 431 g/mol. The first-order chi connectivity index (χ1) is 12.8. The number of halogens is 1. The largest absolute Gasteiger partial charge is 0.444 e. The number of hydrogen-bond acceptors (Lipinski definition) is 3. The number of nitrogens with one attached hydrogen (secondary N) is 2. The Balaban J connectivity index is 1.59. The van der Waals surface area contributed by atoms with Crippen LogP contribution < -0.4 is 0 Å². The molecule has 1 atom stereocenters. The summed E-state index contributed by atoms with van der Waals surface area (Å²) >= 11 is 3.47. The summed E-state index contributed by atoms with van der Waals surface area (Å²) in [7, 11) is 0. The SMILES string of the molecule is CC(C)(C)OC(=O)N1CCCC1c1cc(-c2ccc3[nH]nc(Br)c3c2)c[nH]1. The van der Waals surface area contributed by atoms with Crippen LogP contribution in [-0.2, 0) is 4.74 Å². The van der Waals surface area contributed by atoms with Crippen LogP contribution >= 0.6 is 15.9 Å². The minimum Gasteiger partial charge on any atom is -0.444 e. The number of rotatable bonds is 2. The molecule has 142 valence electrons. The molecular formula is C20H23BrN4O2. The molecule has 1 aromatic carbocycles. The van der Waals surface area contributed by atoms with Gasteiger partial charge in [0.05, 0.1) is 11.6 Å². The summed E-state index contributed by atoms with van der Waals surface area (Å²) in [4.78, 5) is 17.7. The average Bonchev–Trinajstić information content (AvgIpc) is 3.32. The molecular weight excluding hydrogens is 408 g/mol. The van der Waals surface area contributed by atoms with E-state index in [0.29, 0.717) is 0 Å². The Hall–Kier alpha value is -2.28.